The van der Waals surface area contributed by atoms with E-state index in [0.717, 1.165) is 18.0 Å². The number of ether oxygens (including phenoxy) is 1. The Morgan fingerprint density at radius 1 is 0.900 bits per heavy atom. The summed E-state index contributed by atoms with van der Waals surface area (Å²) in [7, 11) is 0. The lowest BCUT2D eigenvalue weighted by Gasteiger charge is -2.09. The lowest BCUT2D eigenvalue weighted by molar-refractivity contribution is 0.306. The summed E-state index contributed by atoms with van der Waals surface area (Å²) in [4.78, 5) is 0. The van der Waals surface area contributed by atoms with Crippen LogP contribution in [0, 0.1) is 0 Å². The van der Waals surface area contributed by atoms with Crippen LogP contribution in [0.15, 0.2) is 54.6 Å². The van der Waals surface area contributed by atoms with Gasteiger partial charge in [-0.15, -0.1) is 0 Å². The van der Waals surface area contributed by atoms with Crippen molar-refractivity contribution >= 4 is 5.69 Å². The zero-order valence-corrected chi connectivity index (χ0v) is 12.1. The molecule has 2 rings (SSSR count). The SMILES string of the molecule is CCCCCNc1ccc(OCc2ccccc2)cc1. The Labute approximate surface area is 121 Å². The van der Waals surface area contributed by atoms with Crippen molar-refractivity contribution in [2.75, 3.05) is 11.9 Å². The average molecular weight is 269 g/mol. The van der Waals surface area contributed by atoms with Gasteiger partial charge in [0.05, 0.1) is 0 Å². The maximum Gasteiger partial charge on any atom is 0.119 e. The number of unbranched alkanes of at least 4 members (excludes halogenated alkanes) is 2. The van der Waals surface area contributed by atoms with Crippen LogP contribution in [0.25, 0.3) is 0 Å². The number of hydrogen-bond donors (Lipinski definition) is 1. The molecule has 20 heavy (non-hydrogen) atoms. The van der Waals surface area contributed by atoms with E-state index in [-0.39, 0.29) is 0 Å². The second kappa shape index (κ2) is 8.26. The van der Waals surface area contributed by atoms with E-state index < -0.39 is 0 Å². The molecule has 2 aromatic rings. The molecule has 2 aromatic carbocycles. The predicted octanol–water partition coefficient (Wildman–Crippen LogP) is 4.87. The maximum absolute atomic E-state index is 5.76. The summed E-state index contributed by atoms with van der Waals surface area (Å²) in [6, 6.07) is 18.4. The van der Waals surface area contributed by atoms with Gasteiger partial charge >= 0.3 is 0 Å². The molecule has 2 nitrogen and oxygen atoms in total. The van der Waals surface area contributed by atoms with Crippen molar-refractivity contribution in [3.05, 3.63) is 60.2 Å². The quantitative estimate of drug-likeness (QED) is 0.690. The molecule has 0 saturated carbocycles. The average Bonchev–Trinajstić information content (AvgIpc) is 2.52. The first-order valence-electron chi connectivity index (χ1n) is 7.39. The molecule has 0 aromatic heterocycles. The number of rotatable bonds is 8. The third-order valence-electron chi connectivity index (χ3n) is 3.21. The predicted molar refractivity (Wildman–Crippen MR) is 85.2 cm³/mol. The van der Waals surface area contributed by atoms with Crippen LogP contribution in [-0.4, -0.2) is 6.54 Å². The highest BCUT2D eigenvalue weighted by Gasteiger charge is 1.96. The minimum Gasteiger partial charge on any atom is -0.489 e. The van der Waals surface area contributed by atoms with E-state index in [2.05, 4.69) is 36.5 Å². The van der Waals surface area contributed by atoms with Crippen LogP contribution in [0.5, 0.6) is 5.75 Å². The Morgan fingerprint density at radius 2 is 1.65 bits per heavy atom. The van der Waals surface area contributed by atoms with Gasteiger partial charge in [-0.25, -0.2) is 0 Å². The zero-order chi connectivity index (χ0) is 14.0. The first-order valence-corrected chi connectivity index (χ1v) is 7.39. The van der Waals surface area contributed by atoms with Gasteiger partial charge in [0.15, 0.2) is 0 Å². The van der Waals surface area contributed by atoms with Gasteiger partial charge in [-0.3, -0.25) is 0 Å². The minimum atomic E-state index is 0.615. The fraction of sp³-hybridized carbons (Fsp3) is 0.333. The lowest BCUT2D eigenvalue weighted by atomic mass is 10.2. The molecule has 0 saturated heterocycles. The molecule has 0 radical (unpaired) electrons. The molecule has 0 amide bonds. The van der Waals surface area contributed by atoms with Crippen LogP contribution in [0.3, 0.4) is 0 Å². The van der Waals surface area contributed by atoms with Crippen LogP contribution in [-0.2, 0) is 6.61 Å². The van der Waals surface area contributed by atoms with Crippen molar-refractivity contribution in [2.45, 2.75) is 32.8 Å². The summed E-state index contributed by atoms with van der Waals surface area (Å²) in [5.74, 6) is 0.910. The molecule has 106 valence electrons. The van der Waals surface area contributed by atoms with Crippen LogP contribution in [0.2, 0.25) is 0 Å². The monoisotopic (exact) mass is 269 g/mol. The standard InChI is InChI=1S/C18H23NO/c1-2-3-7-14-19-17-10-12-18(13-11-17)20-15-16-8-5-4-6-9-16/h4-6,8-13,19H,2-3,7,14-15H2,1H3. The fourth-order valence-corrected chi connectivity index (χ4v) is 2.02. The molecule has 0 spiro atoms. The number of benzene rings is 2. The van der Waals surface area contributed by atoms with Gasteiger partial charge in [0, 0.05) is 12.2 Å². The van der Waals surface area contributed by atoms with E-state index in [4.69, 9.17) is 4.74 Å². The van der Waals surface area contributed by atoms with E-state index in [1.807, 2.05) is 30.3 Å². The van der Waals surface area contributed by atoms with E-state index in [0.29, 0.717) is 6.61 Å². The minimum absolute atomic E-state index is 0.615. The third kappa shape index (κ3) is 4.96. The Balaban J connectivity index is 1.76. The number of nitrogens with one attached hydrogen (secondary N) is 1. The van der Waals surface area contributed by atoms with Crippen molar-refractivity contribution in [1.29, 1.82) is 0 Å². The second-order valence-electron chi connectivity index (χ2n) is 4.93. The summed E-state index contributed by atoms with van der Waals surface area (Å²) < 4.78 is 5.76. The van der Waals surface area contributed by atoms with Gasteiger partial charge in [-0.2, -0.15) is 0 Å². The molecule has 0 aliphatic carbocycles. The molecule has 0 atom stereocenters. The number of anilines is 1. The molecule has 1 N–H and O–H groups in total. The summed E-state index contributed by atoms with van der Waals surface area (Å²) in [5, 5.41) is 3.42. The van der Waals surface area contributed by atoms with Gasteiger partial charge in [0.2, 0.25) is 0 Å². The Kier molecular flexibility index (Phi) is 5.97. The lowest BCUT2D eigenvalue weighted by Crippen LogP contribution is -2.01. The molecule has 0 heterocycles. The van der Waals surface area contributed by atoms with Gasteiger partial charge in [-0.1, -0.05) is 50.1 Å². The maximum atomic E-state index is 5.76. The fourth-order valence-electron chi connectivity index (χ4n) is 2.02. The first-order chi connectivity index (χ1) is 9.88. The van der Waals surface area contributed by atoms with E-state index >= 15 is 0 Å². The molecule has 0 unspecified atom stereocenters. The van der Waals surface area contributed by atoms with Crippen LogP contribution >= 0.6 is 0 Å². The molecule has 2 heteroatoms. The summed E-state index contributed by atoms with van der Waals surface area (Å²) in [6.45, 7) is 3.88. The topological polar surface area (TPSA) is 21.3 Å². The largest absolute Gasteiger partial charge is 0.489 e. The van der Waals surface area contributed by atoms with Gasteiger partial charge in [-0.05, 0) is 36.2 Å². The van der Waals surface area contributed by atoms with Crippen molar-refractivity contribution in [2.24, 2.45) is 0 Å². The van der Waals surface area contributed by atoms with Gasteiger partial charge in [0.25, 0.3) is 0 Å². The molecule has 0 aliphatic heterocycles. The van der Waals surface area contributed by atoms with Crippen LogP contribution in [0.4, 0.5) is 5.69 Å². The molecule has 0 fully saturated rings. The van der Waals surface area contributed by atoms with Crippen molar-refractivity contribution in [3.63, 3.8) is 0 Å². The Morgan fingerprint density at radius 3 is 2.35 bits per heavy atom. The van der Waals surface area contributed by atoms with E-state index in [1.54, 1.807) is 0 Å². The smallest absolute Gasteiger partial charge is 0.119 e. The highest BCUT2D eigenvalue weighted by Crippen LogP contribution is 2.17. The van der Waals surface area contributed by atoms with Gasteiger partial charge in [0.1, 0.15) is 12.4 Å². The molecular weight excluding hydrogens is 246 g/mol. The normalized spacial score (nSPS) is 10.2. The molecule has 0 bridgehead atoms. The highest BCUT2D eigenvalue weighted by atomic mass is 16.5. The number of hydrogen-bond acceptors (Lipinski definition) is 2. The Hall–Kier alpha value is -1.96. The first kappa shape index (κ1) is 14.4. The van der Waals surface area contributed by atoms with Crippen LogP contribution in [0.1, 0.15) is 31.7 Å². The molecular formula is C18H23NO. The summed E-state index contributed by atoms with van der Waals surface area (Å²) in [6.07, 6.45) is 3.77. The van der Waals surface area contributed by atoms with Crippen LogP contribution < -0.4 is 10.1 Å². The van der Waals surface area contributed by atoms with Crippen molar-refractivity contribution in [1.82, 2.24) is 0 Å². The van der Waals surface area contributed by atoms with Gasteiger partial charge < -0.3 is 10.1 Å². The Bertz CT molecular complexity index is 479. The van der Waals surface area contributed by atoms with Crippen molar-refractivity contribution < 1.29 is 4.74 Å². The summed E-state index contributed by atoms with van der Waals surface area (Å²) >= 11 is 0. The third-order valence-corrected chi connectivity index (χ3v) is 3.21. The highest BCUT2D eigenvalue weighted by molar-refractivity contribution is 5.46. The summed E-state index contributed by atoms with van der Waals surface area (Å²) in [5.41, 5.74) is 2.35. The molecule has 0 aliphatic rings. The second-order valence-corrected chi connectivity index (χ2v) is 4.93. The van der Waals surface area contributed by atoms with Crippen molar-refractivity contribution in [3.8, 4) is 5.75 Å². The van der Waals surface area contributed by atoms with E-state index in [9.17, 15) is 0 Å². The zero-order valence-electron chi connectivity index (χ0n) is 12.1. The van der Waals surface area contributed by atoms with E-state index in [1.165, 1.54) is 24.8 Å².